The molecular weight excluding hydrogens is 317 g/mol. The van der Waals surface area contributed by atoms with E-state index in [1.807, 2.05) is 0 Å². The van der Waals surface area contributed by atoms with Crippen LogP contribution in [-0.4, -0.2) is 44.9 Å². The van der Waals surface area contributed by atoms with Gasteiger partial charge in [-0.05, 0) is 6.07 Å². The van der Waals surface area contributed by atoms with Gasteiger partial charge in [-0.25, -0.2) is 4.98 Å². The molecule has 0 spiro atoms. The minimum atomic E-state index is -0.941. The van der Waals surface area contributed by atoms with Crippen LogP contribution in [0.4, 0.5) is 0 Å². The number of likely N-dealkylation sites (N-methyl/N-ethyl adjacent to an activating group) is 1. The number of pyridine rings is 1. The first-order chi connectivity index (χ1) is 9.86. The lowest BCUT2D eigenvalue weighted by Crippen LogP contribution is -2.30. The molecule has 6 nitrogen and oxygen atoms in total. The van der Waals surface area contributed by atoms with Crippen LogP contribution in [0.1, 0.15) is 12.1 Å². The molecule has 0 aliphatic carbocycles. The largest absolute Gasteiger partial charge is 0.481 e. The number of rotatable bonds is 5. The van der Waals surface area contributed by atoms with Crippen molar-refractivity contribution in [3.8, 4) is 0 Å². The number of amides is 1. The molecule has 0 saturated carbocycles. The number of aliphatic carboxylic acids is 1. The molecule has 21 heavy (non-hydrogen) atoms. The Labute approximate surface area is 130 Å². The van der Waals surface area contributed by atoms with Gasteiger partial charge in [-0.1, -0.05) is 23.2 Å². The van der Waals surface area contributed by atoms with E-state index < -0.39 is 5.97 Å². The van der Waals surface area contributed by atoms with Gasteiger partial charge in [0.05, 0.1) is 28.6 Å². The van der Waals surface area contributed by atoms with Crippen LogP contribution in [0.5, 0.6) is 0 Å². The van der Waals surface area contributed by atoms with Crippen molar-refractivity contribution >= 4 is 40.7 Å². The maximum atomic E-state index is 12.0. The zero-order valence-electron chi connectivity index (χ0n) is 11.2. The SMILES string of the molecule is CN(CCC(=O)O)C(=O)Cc1cn2cc(Cl)cc(Cl)c2n1. The van der Waals surface area contributed by atoms with E-state index >= 15 is 0 Å². The van der Waals surface area contributed by atoms with Crippen LogP contribution in [-0.2, 0) is 16.0 Å². The van der Waals surface area contributed by atoms with E-state index in [4.69, 9.17) is 28.3 Å². The van der Waals surface area contributed by atoms with E-state index in [9.17, 15) is 9.59 Å². The van der Waals surface area contributed by atoms with Gasteiger partial charge in [0.15, 0.2) is 5.65 Å². The van der Waals surface area contributed by atoms with Gasteiger partial charge in [-0.3, -0.25) is 9.59 Å². The molecule has 1 amide bonds. The number of aromatic nitrogens is 2. The van der Waals surface area contributed by atoms with Crippen molar-refractivity contribution in [2.75, 3.05) is 13.6 Å². The highest BCUT2D eigenvalue weighted by Gasteiger charge is 2.14. The van der Waals surface area contributed by atoms with Crippen molar-refractivity contribution < 1.29 is 14.7 Å². The van der Waals surface area contributed by atoms with Crippen molar-refractivity contribution in [3.05, 3.63) is 34.2 Å². The van der Waals surface area contributed by atoms with Crippen molar-refractivity contribution in [2.24, 2.45) is 0 Å². The van der Waals surface area contributed by atoms with Crippen LogP contribution in [0.3, 0.4) is 0 Å². The van der Waals surface area contributed by atoms with E-state index in [-0.39, 0.29) is 25.3 Å². The highest BCUT2D eigenvalue weighted by Crippen LogP contribution is 2.22. The Morgan fingerprint density at radius 3 is 2.76 bits per heavy atom. The second kappa shape index (κ2) is 6.32. The van der Waals surface area contributed by atoms with Gasteiger partial charge in [-0.2, -0.15) is 0 Å². The van der Waals surface area contributed by atoms with Crippen LogP contribution in [0.25, 0.3) is 5.65 Å². The summed E-state index contributed by atoms with van der Waals surface area (Å²) in [7, 11) is 1.56. The van der Waals surface area contributed by atoms with Crippen molar-refractivity contribution in [2.45, 2.75) is 12.8 Å². The van der Waals surface area contributed by atoms with Crippen LogP contribution < -0.4 is 0 Å². The molecule has 0 atom stereocenters. The smallest absolute Gasteiger partial charge is 0.305 e. The number of imidazole rings is 1. The molecule has 2 aromatic heterocycles. The maximum Gasteiger partial charge on any atom is 0.305 e. The maximum absolute atomic E-state index is 12.0. The highest BCUT2D eigenvalue weighted by atomic mass is 35.5. The normalized spacial score (nSPS) is 10.8. The first kappa shape index (κ1) is 15.6. The van der Waals surface area contributed by atoms with Gasteiger partial charge in [-0.15, -0.1) is 0 Å². The number of carboxylic acids is 1. The Kier molecular flexibility index (Phi) is 4.69. The highest BCUT2D eigenvalue weighted by molar-refractivity contribution is 6.36. The average Bonchev–Trinajstić information content (AvgIpc) is 2.78. The minimum absolute atomic E-state index is 0.0751. The fourth-order valence-corrected chi connectivity index (χ4v) is 2.37. The third-order valence-electron chi connectivity index (χ3n) is 2.94. The molecule has 0 aromatic carbocycles. The number of carboxylic acid groups (broad SMARTS) is 1. The molecule has 0 aliphatic heterocycles. The van der Waals surface area contributed by atoms with Crippen LogP contribution >= 0.6 is 23.2 Å². The predicted molar refractivity (Wildman–Crippen MR) is 78.8 cm³/mol. The van der Waals surface area contributed by atoms with E-state index in [1.165, 1.54) is 4.90 Å². The molecule has 2 rings (SSSR count). The third kappa shape index (κ3) is 3.86. The van der Waals surface area contributed by atoms with Crippen LogP contribution in [0.15, 0.2) is 18.5 Å². The summed E-state index contributed by atoms with van der Waals surface area (Å²) in [5.74, 6) is -1.15. The average molecular weight is 330 g/mol. The van der Waals surface area contributed by atoms with Crippen molar-refractivity contribution in [1.82, 2.24) is 14.3 Å². The fraction of sp³-hybridized carbons (Fsp3) is 0.308. The number of halogens is 2. The lowest BCUT2D eigenvalue weighted by atomic mass is 10.3. The monoisotopic (exact) mass is 329 g/mol. The summed E-state index contributed by atoms with van der Waals surface area (Å²) in [5.41, 5.74) is 1.07. The molecule has 0 aliphatic rings. The second-order valence-corrected chi connectivity index (χ2v) is 5.45. The molecule has 0 unspecified atom stereocenters. The molecule has 0 radical (unpaired) electrons. The quantitative estimate of drug-likeness (QED) is 0.911. The Morgan fingerprint density at radius 1 is 1.38 bits per heavy atom. The Bertz CT molecular complexity index is 699. The standard InChI is InChI=1S/C13H13Cl2N3O3/c1-17(3-2-12(20)21)11(19)5-9-7-18-6-8(14)4-10(15)13(18)16-9/h4,6-7H,2-3,5H2,1H3,(H,20,21). The third-order valence-corrected chi connectivity index (χ3v) is 3.43. The first-order valence-electron chi connectivity index (χ1n) is 6.15. The van der Waals surface area contributed by atoms with E-state index in [1.54, 1.807) is 29.9 Å². The lowest BCUT2D eigenvalue weighted by Gasteiger charge is -2.14. The van der Waals surface area contributed by atoms with Crippen molar-refractivity contribution in [3.63, 3.8) is 0 Å². The van der Waals surface area contributed by atoms with E-state index in [2.05, 4.69) is 4.98 Å². The summed E-state index contributed by atoms with van der Waals surface area (Å²) in [6, 6.07) is 1.58. The number of carbonyl (C=O) groups excluding carboxylic acids is 1. The summed E-state index contributed by atoms with van der Waals surface area (Å²) >= 11 is 11.9. The molecular formula is C13H13Cl2N3O3. The van der Waals surface area contributed by atoms with Gasteiger partial charge < -0.3 is 14.4 Å². The molecule has 0 bridgehead atoms. The number of hydrogen-bond acceptors (Lipinski definition) is 3. The second-order valence-electron chi connectivity index (χ2n) is 4.61. The molecule has 2 aromatic rings. The topological polar surface area (TPSA) is 74.9 Å². The van der Waals surface area contributed by atoms with Gasteiger partial charge in [0.2, 0.25) is 5.91 Å². The summed E-state index contributed by atoms with van der Waals surface area (Å²) < 4.78 is 1.66. The molecule has 0 saturated heterocycles. The van der Waals surface area contributed by atoms with E-state index in [0.29, 0.717) is 21.4 Å². The molecule has 1 N–H and O–H groups in total. The van der Waals surface area contributed by atoms with Gasteiger partial charge in [0, 0.05) is 26.0 Å². The van der Waals surface area contributed by atoms with E-state index in [0.717, 1.165) is 0 Å². The van der Waals surface area contributed by atoms with Crippen LogP contribution in [0.2, 0.25) is 10.0 Å². The van der Waals surface area contributed by atoms with Crippen LogP contribution in [0, 0.1) is 0 Å². The zero-order chi connectivity index (χ0) is 15.6. The Hall–Kier alpha value is -1.79. The summed E-state index contributed by atoms with van der Waals surface area (Å²) in [4.78, 5) is 28.1. The lowest BCUT2D eigenvalue weighted by molar-refractivity contribution is -0.138. The first-order valence-corrected chi connectivity index (χ1v) is 6.91. The number of fused-ring (bicyclic) bond motifs is 1. The zero-order valence-corrected chi connectivity index (χ0v) is 12.7. The molecule has 112 valence electrons. The van der Waals surface area contributed by atoms with Gasteiger partial charge in [0.1, 0.15) is 0 Å². The summed E-state index contributed by atoms with van der Waals surface area (Å²) in [5, 5.41) is 9.48. The Balaban J connectivity index is 2.11. The summed E-state index contributed by atoms with van der Waals surface area (Å²) in [6.45, 7) is 0.161. The summed E-state index contributed by atoms with van der Waals surface area (Å²) in [6.07, 6.45) is 3.31. The Morgan fingerprint density at radius 2 is 2.10 bits per heavy atom. The number of nitrogens with zero attached hydrogens (tertiary/aromatic N) is 3. The minimum Gasteiger partial charge on any atom is -0.481 e. The van der Waals surface area contributed by atoms with Gasteiger partial charge in [0.25, 0.3) is 0 Å². The van der Waals surface area contributed by atoms with Crippen molar-refractivity contribution in [1.29, 1.82) is 0 Å². The fourth-order valence-electron chi connectivity index (χ4n) is 1.84. The number of hydrogen-bond donors (Lipinski definition) is 1. The molecule has 8 heteroatoms. The predicted octanol–water partition coefficient (Wildman–Crippen LogP) is 2.12. The van der Waals surface area contributed by atoms with Gasteiger partial charge >= 0.3 is 5.97 Å². The molecule has 0 fully saturated rings. The number of carbonyl (C=O) groups is 2. The molecule has 2 heterocycles.